The lowest BCUT2D eigenvalue weighted by atomic mass is 10.1. The summed E-state index contributed by atoms with van der Waals surface area (Å²) in [5.74, 6) is 0.880. The molecule has 2 saturated heterocycles. The van der Waals surface area contributed by atoms with Gasteiger partial charge in [0.2, 0.25) is 0 Å². The van der Waals surface area contributed by atoms with Crippen LogP contribution < -0.4 is 5.32 Å². The predicted octanol–water partition coefficient (Wildman–Crippen LogP) is 1.35. The molecule has 2 aliphatic rings. The predicted molar refractivity (Wildman–Crippen MR) is 67.6 cm³/mol. The Labute approximate surface area is 111 Å². The zero-order valence-electron chi connectivity index (χ0n) is 10.4. The number of halogens is 1. The zero-order chi connectivity index (χ0) is 13.1. The van der Waals surface area contributed by atoms with Gasteiger partial charge in [0.15, 0.2) is 5.82 Å². The second-order valence-corrected chi connectivity index (χ2v) is 5.20. The normalized spacial score (nSPS) is 31.1. The van der Waals surface area contributed by atoms with Gasteiger partial charge in [-0.15, -0.1) is 0 Å². The molecule has 18 heavy (non-hydrogen) atoms. The van der Waals surface area contributed by atoms with Crippen LogP contribution in [-0.4, -0.2) is 42.2 Å². The van der Waals surface area contributed by atoms with Gasteiger partial charge in [0.1, 0.15) is 0 Å². The van der Waals surface area contributed by atoms with Crippen LogP contribution in [0.3, 0.4) is 0 Å². The first-order valence-electron chi connectivity index (χ1n) is 6.22. The molecule has 0 spiro atoms. The SMILES string of the molecule is CC1CCNC(=C(Cl)[N+](=O)[O-])N1CC1CCOC1. The Bertz CT molecular complexity index is 355. The van der Waals surface area contributed by atoms with E-state index >= 15 is 0 Å². The third-order valence-corrected chi connectivity index (χ3v) is 3.83. The minimum atomic E-state index is -0.542. The van der Waals surface area contributed by atoms with Crippen LogP contribution in [-0.2, 0) is 4.74 Å². The summed E-state index contributed by atoms with van der Waals surface area (Å²) in [7, 11) is 0. The van der Waals surface area contributed by atoms with Crippen LogP contribution in [0.15, 0.2) is 11.0 Å². The van der Waals surface area contributed by atoms with Gasteiger partial charge in [-0.2, -0.15) is 0 Å². The molecule has 0 saturated carbocycles. The fourth-order valence-electron chi connectivity index (χ4n) is 2.43. The van der Waals surface area contributed by atoms with E-state index in [0.717, 1.165) is 39.1 Å². The third-order valence-electron chi connectivity index (χ3n) is 3.51. The summed E-state index contributed by atoms with van der Waals surface area (Å²) in [5.41, 5.74) is 0. The maximum atomic E-state index is 10.8. The fraction of sp³-hybridized carbons (Fsp3) is 0.818. The van der Waals surface area contributed by atoms with Gasteiger partial charge >= 0.3 is 5.16 Å². The molecule has 0 aromatic heterocycles. The Hall–Kier alpha value is -1.01. The van der Waals surface area contributed by atoms with Gasteiger partial charge in [0.25, 0.3) is 0 Å². The van der Waals surface area contributed by atoms with Crippen molar-refractivity contribution in [3.8, 4) is 0 Å². The molecule has 2 fully saturated rings. The van der Waals surface area contributed by atoms with E-state index in [-0.39, 0.29) is 11.2 Å². The second kappa shape index (κ2) is 5.75. The van der Waals surface area contributed by atoms with E-state index in [1.165, 1.54) is 0 Å². The molecule has 2 heterocycles. The quantitative estimate of drug-likeness (QED) is 0.478. The maximum Gasteiger partial charge on any atom is 0.377 e. The smallest absolute Gasteiger partial charge is 0.377 e. The van der Waals surface area contributed by atoms with Gasteiger partial charge in [-0.3, -0.25) is 10.1 Å². The van der Waals surface area contributed by atoms with Crippen LogP contribution in [0.4, 0.5) is 0 Å². The minimum Gasteiger partial charge on any atom is -0.381 e. The lowest BCUT2D eigenvalue weighted by molar-refractivity contribution is -0.415. The highest BCUT2D eigenvalue weighted by molar-refractivity contribution is 6.28. The highest BCUT2D eigenvalue weighted by Gasteiger charge is 2.31. The molecule has 102 valence electrons. The van der Waals surface area contributed by atoms with E-state index in [9.17, 15) is 10.1 Å². The Balaban J connectivity index is 2.14. The van der Waals surface area contributed by atoms with Crippen LogP contribution in [0.2, 0.25) is 0 Å². The van der Waals surface area contributed by atoms with Crippen molar-refractivity contribution in [3.05, 3.63) is 21.1 Å². The maximum absolute atomic E-state index is 10.8. The van der Waals surface area contributed by atoms with Gasteiger partial charge in [-0.1, -0.05) is 0 Å². The molecule has 0 bridgehead atoms. The van der Waals surface area contributed by atoms with Crippen molar-refractivity contribution in [1.82, 2.24) is 10.2 Å². The Morgan fingerprint density at radius 3 is 3.06 bits per heavy atom. The van der Waals surface area contributed by atoms with Gasteiger partial charge in [0, 0.05) is 31.7 Å². The summed E-state index contributed by atoms with van der Waals surface area (Å²) in [6.45, 7) is 5.06. The number of nitrogens with one attached hydrogen (secondary N) is 1. The molecule has 0 radical (unpaired) electrons. The first kappa shape index (κ1) is 13.4. The highest BCUT2D eigenvalue weighted by atomic mass is 35.5. The van der Waals surface area contributed by atoms with E-state index in [4.69, 9.17) is 16.3 Å². The fourth-order valence-corrected chi connectivity index (χ4v) is 2.61. The second-order valence-electron chi connectivity index (χ2n) is 4.84. The van der Waals surface area contributed by atoms with Gasteiger partial charge in [-0.25, -0.2) is 0 Å². The number of hydrogen-bond acceptors (Lipinski definition) is 5. The van der Waals surface area contributed by atoms with Crippen LogP contribution in [0.5, 0.6) is 0 Å². The summed E-state index contributed by atoms with van der Waals surface area (Å²) in [4.78, 5) is 12.3. The molecular formula is C11H18ClN3O3. The molecule has 1 N–H and O–H groups in total. The molecule has 2 aliphatic heterocycles. The van der Waals surface area contributed by atoms with Crippen LogP contribution in [0.1, 0.15) is 19.8 Å². The molecule has 6 nitrogen and oxygen atoms in total. The number of nitro groups is 1. The van der Waals surface area contributed by atoms with Gasteiger partial charge in [-0.05, 0) is 31.4 Å². The van der Waals surface area contributed by atoms with Crippen molar-refractivity contribution in [1.29, 1.82) is 0 Å². The molecule has 7 heteroatoms. The van der Waals surface area contributed by atoms with Crippen LogP contribution in [0, 0.1) is 16.0 Å². The largest absolute Gasteiger partial charge is 0.381 e. The summed E-state index contributed by atoms with van der Waals surface area (Å²) < 4.78 is 5.35. The minimum absolute atomic E-state index is 0.260. The van der Waals surface area contributed by atoms with E-state index in [1.54, 1.807) is 0 Å². The molecule has 0 aromatic carbocycles. The number of nitrogens with zero attached hydrogens (tertiary/aromatic N) is 2. The molecule has 0 aliphatic carbocycles. The van der Waals surface area contributed by atoms with Crippen molar-refractivity contribution in [2.45, 2.75) is 25.8 Å². The van der Waals surface area contributed by atoms with E-state index in [0.29, 0.717) is 11.7 Å². The van der Waals surface area contributed by atoms with Crippen molar-refractivity contribution >= 4 is 11.6 Å². The Kier molecular flexibility index (Phi) is 4.29. The van der Waals surface area contributed by atoms with Crippen molar-refractivity contribution < 1.29 is 9.66 Å². The average Bonchev–Trinajstić information content (AvgIpc) is 2.83. The molecule has 2 unspecified atom stereocenters. The Morgan fingerprint density at radius 1 is 1.67 bits per heavy atom. The lowest BCUT2D eigenvalue weighted by Crippen LogP contribution is -2.48. The number of ether oxygens (including phenoxy) is 1. The summed E-state index contributed by atoms with van der Waals surface area (Å²) >= 11 is 5.79. The zero-order valence-corrected chi connectivity index (χ0v) is 11.2. The van der Waals surface area contributed by atoms with Crippen molar-refractivity contribution in [2.24, 2.45) is 5.92 Å². The van der Waals surface area contributed by atoms with Crippen LogP contribution in [0.25, 0.3) is 0 Å². The lowest BCUT2D eigenvalue weighted by Gasteiger charge is -2.38. The molecule has 2 atom stereocenters. The first-order valence-corrected chi connectivity index (χ1v) is 6.59. The van der Waals surface area contributed by atoms with Gasteiger partial charge < -0.3 is 15.0 Å². The monoisotopic (exact) mass is 275 g/mol. The van der Waals surface area contributed by atoms with E-state index < -0.39 is 4.92 Å². The number of rotatable bonds is 3. The van der Waals surface area contributed by atoms with E-state index in [1.807, 2.05) is 4.90 Å². The third kappa shape index (κ3) is 2.87. The Morgan fingerprint density at radius 2 is 2.44 bits per heavy atom. The highest BCUT2D eigenvalue weighted by Crippen LogP contribution is 2.24. The topological polar surface area (TPSA) is 67.6 Å². The van der Waals surface area contributed by atoms with Gasteiger partial charge in [0.05, 0.1) is 11.5 Å². The van der Waals surface area contributed by atoms with Crippen molar-refractivity contribution in [3.63, 3.8) is 0 Å². The van der Waals surface area contributed by atoms with E-state index in [2.05, 4.69) is 12.2 Å². The molecule has 2 rings (SSSR count). The molecular weight excluding hydrogens is 258 g/mol. The molecule has 0 aromatic rings. The van der Waals surface area contributed by atoms with Crippen molar-refractivity contribution in [2.75, 3.05) is 26.3 Å². The standard InChI is InChI=1S/C11H18ClN3O3/c1-8-2-4-13-11(10(12)15(16)17)14(8)6-9-3-5-18-7-9/h8-9,13H,2-7H2,1H3. The average molecular weight is 276 g/mol. The summed E-state index contributed by atoms with van der Waals surface area (Å²) in [6, 6.07) is 0.260. The number of hydrogen-bond donors (Lipinski definition) is 1. The summed E-state index contributed by atoms with van der Waals surface area (Å²) in [5, 5.41) is 13.5. The summed E-state index contributed by atoms with van der Waals surface area (Å²) in [6.07, 6.45) is 1.96. The first-order chi connectivity index (χ1) is 8.59. The van der Waals surface area contributed by atoms with Crippen LogP contribution >= 0.6 is 11.6 Å². The molecule has 0 amide bonds.